The van der Waals surface area contributed by atoms with Gasteiger partial charge >= 0.3 is 0 Å². The number of aromatic nitrogens is 3. The molecule has 1 amide bonds. The molecule has 0 atom stereocenters. The van der Waals surface area contributed by atoms with Crippen molar-refractivity contribution in [3.8, 4) is 0 Å². The maximum absolute atomic E-state index is 12.1. The highest BCUT2D eigenvalue weighted by atomic mass is 16.2. The van der Waals surface area contributed by atoms with E-state index in [-0.39, 0.29) is 5.91 Å². The predicted octanol–water partition coefficient (Wildman–Crippen LogP) is 2.52. The lowest BCUT2D eigenvalue weighted by Gasteiger charge is -2.14. The van der Waals surface area contributed by atoms with E-state index in [2.05, 4.69) is 38.0 Å². The summed E-state index contributed by atoms with van der Waals surface area (Å²) in [6, 6.07) is 11.2. The lowest BCUT2D eigenvalue weighted by atomic mass is 10.1. The van der Waals surface area contributed by atoms with Gasteiger partial charge in [0.2, 0.25) is 0 Å². The molecule has 2 heterocycles. The number of nitrogens with two attached hydrogens (primary N) is 1. The van der Waals surface area contributed by atoms with Crippen LogP contribution < -0.4 is 21.9 Å². The maximum Gasteiger partial charge on any atom is 0.271 e. The lowest BCUT2D eigenvalue weighted by Crippen LogP contribution is -2.30. The molecule has 0 fully saturated rings. The molecule has 3 rings (SSSR count). The van der Waals surface area contributed by atoms with Crippen molar-refractivity contribution in [3.05, 3.63) is 66.2 Å². The lowest BCUT2D eigenvalue weighted by molar-refractivity contribution is 0.0962. The molecule has 8 nitrogen and oxygen atoms in total. The van der Waals surface area contributed by atoms with Crippen LogP contribution in [0.3, 0.4) is 0 Å². The van der Waals surface area contributed by atoms with Crippen LogP contribution >= 0.6 is 0 Å². The van der Waals surface area contributed by atoms with E-state index >= 15 is 0 Å². The Hall–Kier alpha value is -3.68. The molecule has 0 aliphatic carbocycles. The minimum Gasteiger partial charge on any atom is -0.393 e. The summed E-state index contributed by atoms with van der Waals surface area (Å²) < 4.78 is 0. The standard InChI is InChI=1S/C18H19N7O/c1-2-12-6-3-4-8-14(12)23-16-15(19)17(22-11-21-16)24-25-18(26)13-7-5-9-20-10-13/h3-11H,2,19H2,1H3,(H,25,26)(H2,21,22,23,24). The monoisotopic (exact) mass is 349 g/mol. The first-order valence-electron chi connectivity index (χ1n) is 8.10. The first kappa shape index (κ1) is 17.2. The van der Waals surface area contributed by atoms with Crippen LogP contribution in [-0.2, 0) is 6.42 Å². The summed E-state index contributed by atoms with van der Waals surface area (Å²) in [5.41, 5.74) is 14.2. The van der Waals surface area contributed by atoms with Crippen LogP contribution in [0.1, 0.15) is 22.8 Å². The van der Waals surface area contributed by atoms with E-state index in [1.54, 1.807) is 18.3 Å². The molecule has 132 valence electrons. The third-order valence-electron chi connectivity index (χ3n) is 3.75. The van der Waals surface area contributed by atoms with Gasteiger partial charge in [-0.05, 0) is 30.2 Å². The number of nitrogens with zero attached hydrogens (tertiary/aromatic N) is 3. The van der Waals surface area contributed by atoms with Gasteiger partial charge in [0.05, 0.1) is 5.56 Å². The van der Waals surface area contributed by atoms with Gasteiger partial charge in [0.1, 0.15) is 12.0 Å². The number of hydrogen-bond acceptors (Lipinski definition) is 7. The molecular weight excluding hydrogens is 330 g/mol. The summed E-state index contributed by atoms with van der Waals surface area (Å²) in [4.78, 5) is 24.2. The molecule has 0 saturated carbocycles. The van der Waals surface area contributed by atoms with Crippen molar-refractivity contribution in [3.63, 3.8) is 0 Å². The number of anilines is 4. The zero-order valence-corrected chi connectivity index (χ0v) is 14.2. The number of aryl methyl sites for hydroxylation is 1. The Morgan fingerprint density at radius 1 is 1.12 bits per heavy atom. The number of rotatable bonds is 6. The SMILES string of the molecule is CCc1ccccc1Nc1ncnc(NNC(=O)c2cccnc2)c1N. The number of para-hydroxylation sites is 1. The van der Waals surface area contributed by atoms with Gasteiger partial charge in [-0.1, -0.05) is 25.1 Å². The van der Waals surface area contributed by atoms with Crippen LogP contribution in [0, 0.1) is 0 Å². The third-order valence-corrected chi connectivity index (χ3v) is 3.75. The van der Waals surface area contributed by atoms with E-state index in [0.717, 1.165) is 17.7 Å². The first-order chi connectivity index (χ1) is 12.7. The number of pyridine rings is 1. The van der Waals surface area contributed by atoms with Crippen LogP contribution in [0.4, 0.5) is 23.0 Å². The summed E-state index contributed by atoms with van der Waals surface area (Å²) in [5.74, 6) is 0.412. The highest BCUT2D eigenvalue weighted by molar-refractivity contribution is 5.94. The second kappa shape index (κ2) is 7.93. The Morgan fingerprint density at radius 3 is 2.69 bits per heavy atom. The number of nitrogen functional groups attached to an aromatic ring is 1. The molecule has 0 aliphatic rings. The second-order valence-electron chi connectivity index (χ2n) is 5.44. The smallest absolute Gasteiger partial charge is 0.271 e. The van der Waals surface area contributed by atoms with E-state index < -0.39 is 0 Å². The zero-order chi connectivity index (χ0) is 18.4. The Labute approximate surface area is 150 Å². The van der Waals surface area contributed by atoms with Crippen molar-refractivity contribution in [2.24, 2.45) is 0 Å². The maximum atomic E-state index is 12.1. The fraction of sp³-hybridized carbons (Fsp3) is 0.111. The molecule has 0 aliphatic heterocycles. The molecule has 1 aromatic carbocycles. The van der Waals surface area contributed by atoms with Gasteiger partial charge in [-0.3, -0.25) is 20.6 Å². The van der Waals surface area contributed by atoms with Crippen LogP contribution in [0.5, 0.6) is 0 Å². The van der Waals surface area contributed by atoms with Crippen molar-refractivity contribution in [2.75, 3.05) is 16.5 Å². The fourth-order valence-corrected chi connectivity index (χ4v) is 2.36. The molecule has 0 unspecified atom stereocenters. The molecule has 0 spiro atoms. The van der Waals surface area contributed by atoms with Crippen LogP contribution in [-0.4, -0.2) is 20.9 Å². The van der Waals surface area contributed by atoms with Gasteiger partial charge < -0.3 is 11.1 Å². The summed E-state index contributed by atoms with van der Waals surface area (Å²) >= 11 is 0. The molecular formula is C18H19N7O. The zero-order valence-electron chi connectivity index (χ0n) is 14.2. The number of hydrogen-bond donors (Lipinski definition) is 4. The van der Waals surface area contributed by atoms with Crippen LogP contribution in [0.2, 0.25) is 0 Å². The van der Waals surface area contributed by atoms with E-state index in [4.69, 9.17) is 5.73 Å². The van der Waals surface area contributed by atoms with Crippen LogP contribution in [0.15, 0.2) is 55.1 Å². The molecule has 0 bridgehead atoms. The highest BCUT2D eigenvalue weighted by Gasteiger charge is 2.11. The first-order valence-corrected chi connectivity index (χ1v) is 8.10. The average molecular weight is 349 g/mol. The van der Waals surface area contributed by atoms with E-state index in [0.29, 0.717) is 22.9 Å². The number of benzene rings is 1. The van der Waals surface area contributed by atoms with Gasteiger partial charge in [0.15, 0.2) is 11.6 Å². The molecule has 26 heavy (non-hydrogen) atoms. The van der Waals surface area contributed by atoms with E-state index in [1.807, 2.05) is 24.3 Å². The molecule has 0 radical (unpaired) electrons. The van der Waals surface area contributed by atoms with Gasteiger partial charge in [-0.15, -0.1) is 0 Å². The molecule has 3 aromatic rings. The van der Waals surface area contributed by atoms with Crippen LogP contribution in [0.25, 0.3) is 0 Å². The number of nitrogens with one attached hydrogen (secondary N) is 3. The van der Waals surface area contributed by atoms with Gasteiger partial charge in [-0.25, -0.2) is 9.97 Å². The molecule has 8 heteroatoms. The predicted molar refractivity (Wildman–Crippen MR) is 101 cm³/mol. The normalized spacial score (nSPS) is 10.2. The highest BCUT2D eigenvalue weighted by Crippen LogP contribution is 2.27. The second-order valence-corrected chi connectivity index (χ2v) is 5.44. The summed E-state index contributed by atoms with van der Waals surface area (Å²) in [5, 5.41) is 3.21. The largest absolute Gasteiger partial charge is 0.393 e. The number of carbonyl (C=O) groups is 1. The quantitative estimate of drug-likeness (QED) is 0.505. The topological polar surface area (TPSA) is 118 Å². The van der Waals surface area contributed by atoms with Crippen molar-refractivity contribution in [2.45, 2.75) is 13.3 Å². The van der Waals surface area contributed by atoms with Crippen molar-refractivity contribution < 1.29 is 4.79 Å². The molecule has 5 N–H and O–H groups in total. The average Bonchev–Trinajstić information content (AvgIpc) is 2.69. The van der Waals surface area contributed by atoms with Gasteiger partial charge in [0, 0.05) is 18.1 Å². The summed E-state index contributed by atoms with van der Waals surface area (Å²) in [7, 11) is 0. The Balaban J connectivity index is 1.74. The minimum absolute atomic E-state index is 0.296. The van der Waals surface area contributed by atoms with Crippen molar-refractivity contribution in [1.82, 2.24) is 20.4 Å². The van der Waals surface area contributed by atoms with Crippen molar-refractivity contribution >= 4 is 28.9 Å². The number of hydrazine groups is 1. The van der Waals surface area contributed by atoms with E-state index in [9.17, 15) is 4.79 Å². The van der Waals surface area contributed by atoms with Gasteiger partial charge in [-0.2, -0.15) is 0 Å². The number of amides is 1. The van der Waals surface area contributed by atoms with Crippen molar-refractivity contribution in [1.29, 1.82) is 0 Å². The molecule has 2 aromatic heterocycles. The van der Waals surface area contributed by atoms with Gasteiger partial charge in [0.25, 0.3) is 5.91 Å². The minimum atomic E-state index is -0.345. The number of carbonyl (C=O) groups excluding carboxylic acids is 1. The Bertz CT molecular complexity index is 899. The molecule has 0 saturated heterocycles. The Kier molecular flexibility index (Phi) is 5.23. The Morgan fingerprint density at radius 2 is 1.92 bits per heavy atom. The fourth-order valence-electron chi connectivity index (χ4n) is 2.36. The summed E-state index contributed by atoms with van der Waals surface area (Å²) in [6.07, 6.45) is 5.31. The third kappa shape index (κ3) is 3.86. The van der Waals surface area contributed by atoms with E-state index in [1.165, 1.54) is 12.5 Å². The summed E-state index contributed by atoms with van der Waals surface area (Å²) in [6.45, 7) is 2.07.